The van der Waals surface area contributed by atoms with Crippen LogP contribution in [0.1, 0.15) is 219 Å². The third kappa shape index (κ3) is 196. The second-order valence-electron chi connectivity index (χ2n) is 15.4. The molecule has 0 amide bonds. The first kappa shape index (κ1) is 66.3. The average molecular weight is 643 g/mol. The zero-order valence-electron chi connectivity index (χ0n) is 35.5. The van der Waals surface area contributed by atoms with E-state index in [4.69, 9.17) is 0 Å². The largest absolute Gasteiger partial charge is 0.248 e. The topological polar surface area (TPSA) is 0 Å². The van der Waals surface area contributed by atoms with Crippen LogP contribution in [0.4, 0.5) is 8.78 Å². The van der Waals surface area contributed by atoms with Crippen molar-refractivity contribution in [3.8, 4) is 0 Å². The summed E-state index contributed by atoms with van der Waals surface area (Å²) in [7, 11) is 0. The van der Waals surface area contributed by atoms with Crippen molar-refractivity contribution in [3.63, 3.8) is 0 Å². The van der Waals surface area contributed by atoms with Gasteiger partial charge in [-0.05, 0) is 80.5 Å². The number of hydrogen-bond donors (Lipinski definition) is 0. The summed E-state index contributed by atoms with van der Waals surface area (Å²) in [6, 6.07) is 0. The van der Waals surface area contributed by atoms with Gasteiger partial charge in [-0.2, -0.15) is 0 Å². The van der Waals surface area contributed by atoms with E-state index >= 15 is 0 Å². The Balaban J connectivity index is -0.0000000461. The first-order chi connectivity index (χ1) is 19.4. The predicted octanol–water partition coefficient (Wildman–Crippen LogP) is 17.3. The standard InChI is InChI=1S/C7H16.2C6H13F.C6H14.2C5H12.C4H10.C2H6.CH4/c1-6(2)5-7(3)4;2*1-5(2)4-6(3)7;1-4-5-6(2)3;2*1-4-5(2)3;1-4(2)3;1-2;/h6-7H,5H2,1-4H3;2*5-6H,4H2,1-3H3;6H,4-5H2,1-3H3;2*5H,4H2,1-3H3;4H,1-3H3;1-2H3;1H4. The molecule has 0 fully saturated rings. The Hall–Kier alpha value is -0.140. The first-order valence-corrected chi connectivity index (χ1v) is 18.7. The number of rotatable bonds is 10. The van der Waals surface area contributed by atoms with Gasteiger partial charge in [-0.1, -0.05) is 185 Å². The molecular formula is C42H100F2. The monoisotopic (exact) mass is 643 g/mol. The Morgan fingerprint density at radius 1 is 0.364 bits per heavy atom. The van der Waals surface area contributed by atoms with E-state index in [0.29, 0.717) is 24.7 Å². The summed E-state index contributed by atoms with van der Waals surface area (Å²) < 4.78 is 23.9. The Bertz CT molecular complexity index is 315. The lowest BCUT2D eigenvalue weighted by Crippen LogP contribution is -1.97. The maximum absolute atomic E-state index is 12.0. The second kappa shape index (κ2) is 55.3. The molecule has 0 radical (unpaired) electrons. The van der Waals surface area contributed by atoms with Crippen LogP contribution in [0.15, 0.2) is 0 Å². The van der Waals surface area contributed by atoms with Crippen LogP contribution in [-0.4, -0.2) is 12.3 Å². The molecule has 282 valence electrons. The normalized spacial score (nSPS) is 11.0. The highest BCUT2D eigenvalue weighted by Crippen LogP contribution is 2.08. The highest BCUT2D eigenvalue weighted by Gasteiger charge is 2.00. The Morgan fingerprint density at radius 3 is 0.545 bits per heavy atom. The van der Waals surface area contributed by atoms with Gasteiger partial charge in [-0.3, -0.25) is 0 Å². The van der Waals surface area contributed by atoms with Crippen molar-refractivity contribution in [1.82, 2.24) is 0 Å². The summed E-state index contributed by atoms with van der Waals surface area (Å²) in [4.78, 5) is 0. The molecule has 0 aliphatic heterocycles. The summed E-state index contributed by atoms with van der Waals surface area (Å²) >= 11 is 0. The first-order valence-electron chi connectivity index (χ1n) is 18.7. The van der Waals surface area contributed by atoms with Crippen molar-refractivity contribution < 1.29 is 8.78 Å². The van der Waals surface area contributed by atoms with Crippen LogP contribution in [0.5, 0.6) is 0 Å². The third-order valence-electron chi connectivity index (χ3n) is 5.03. The quantitative estimate of drug-likeness (QED) is 0.222. The van der Waals surface area contributed by atoms with Crippen LogP contribution in [0.2, 0.25) is 0 Å². The number of alkyl halides is 2. The molecule has 0 bridgehead atoms. The van der Waals surface area contributed by atoms with E-state index in [-0.39, 0.29) is 7.43 Å². The molecule has 0 saturated heterocycles. The van der Waals surface area contributed by atoms with E-state index in [9.17, 15) is 8.78 Å². The van der Waals surface area contributed by atoms with E-state index in [1.165, 1.54) is 32.1 Å². The van der Waals surface area contributed by atoms with Gasteiger partial charge in [-0.25, -0.2) is 8.78 Å². The summed E-state index contributed by atoms with van der Waals surface area (Å²) in [5.41, 5.74) is 0. The molecule has 0 aromatic rings. The van der Waals surface area contributed by atoms with E-state index in [1.807, 2.05) is 41.5 Å². The second-order valence-corrected chi connectivity index (χ2v) is 15.4. The molecule has 0 heterocycles. The smallest absolute Gasteiger partial charge is 0.0976 e. The molecule has 2 heteroatoms. The zero-order valence-corrected chi connectivity index (χ0v) is 35.5. The van der Waals surface area contributed by atoms with Gasteiger partial charge in [0.25, 0.3) is 0 Å². The fraction of sp³-hybridized carbons (Fsp3) is 1.00. The maximum atomic E-state index is 12.0. The third-order valence-corrected chi connectivity index (χ3v) is 5.03. The lowest BCUT2D eigenvalue weighted by molar-refractivity contribution is 0.306. The van der Waals surface area contributed by atoms with Crippen LogP contribution in [0, 0.1) is 47.3 Å². The average Bonchev–Trinajstić information content (AvgIpc) is 2.79. The SMILES string of the molecule is C.CC.CC(C)C.CC(C)CC(C)C.CC(C)CC(C)F.CC(C)CC(C)F.CCC(C)C.CCC(C)C.CCCC(C)C. The zero-order chi connectivity index (χ0) is 36.7. The Labute approximate surface area is 286 Å². The van der Waals surface area contributed by atoms with Crippen molar-refractivity contribution in [2.24, 2.45) is 47.3 Å². The molecule has 0 aliphatic rings. The molecular weight excluding hydrogens is 542 g/mol. The summed E-state index contributed by atoms with van der Waals surface area (Å²) in [5.74, 6) is 6.25. The van der Waals surface area contributed by atoms with Gasteiger partial charge in [0.05, 0.1) is 12.3 Å². The van der Waals surface area contributed by atoms with Crippen LogP contribution < -0.4 is 0 Å². The minimum atomic E-state index is -0.625. The summed E-state index contributed by atoms with van der Waals surface area (Å²) in [5, 5.41) is 0. The van der Waals surface area contributed by atoms with Crippen molar-refractivity contribution >= 4 is 0 Å². The molecule has 0 N–H and O–H groups in total. The minimum Gasteiger partial charge on any atom is -0.248 e. The van der Waals surface area contributed by atoms with Crippen molar-refractivity contribution in [3.05, 3.63) is 0 Å². The molecule has 0 aromatic heterocycles. The minimum absolute atomic E-state index is 0. The highest BCUT2D eigenvalue weighted by molar-refractivity contribution is 4.51. The molecule has 2 unspecified atom stereocenters. The van der Waals surface area contributed by atoms with Gasteiger partial charge < -0.3 is 0 Å². The van der Waals surface area contributed by atoms with Crippen LogP contribution in [0.3, 0.4) is 0 Å². The van der Waals surface area contributed by atoms with Crippen molar-refractivity contribution in [2.75, 3.05) is 0 Å². The fourth-order valence-corrected chi connectivity index (χ4v) is 2.82. The number of hydrogen-bond acceptors (Lipinski definition) is 0. The predicted molar refractivity (Wildman–Crippen MR) is 213 cm³/mol. The van der Waals surface area contributed by atoms with Crippen molar-refractivity contribution in [1.29, 1.82) is 0 Å². The van der Waals surface area contributed by atoms with E-state index in [0.717, 1.165) is 35.5 Å². The van der Waals surface area contributed by atoms with Gasteiger partial charge in [0, 0.05) is 0 Å². The van der Waals surface area contributed by atoms with E-state index in [2.05, 4.69) is 111 Å². The summed E-state index contributed by atoms with van der Waals surface area (Å²) in [6.45, 7) is 50.9. The summed E-state index contributed by atoms with van der Waals surface area (Å²) in [6.07, 6.45) is 6.82. The Kier molecular flexibility index (Phi) is 83.3. The van der Waals surface area contributed by atoms with Gasteiger partial charge in [0.15, 0.2) is 0 Å². The molecule has 0 aliphatic carbocycles. The molecule has 44 heavy (non-hydrogen) atoms. The fourth-order valence-electron chi connectivity index (χ4n) is 2.82. The molecule has 0 rings (SSSR count). The lowest BCUT2D eigenvalue weighted by Gasteiger charge is -2.05. The van der Waals surface area contributed by atoms with Crippen LogP contribution in [0.25, 0.3) is 0 Å². The molecule has 0 saturated carbocycles. The van der Waals surface area contributed by atoms with E-state index in [1.54, 1.807) is 13.8 Å². The van der Waals surface area contributed by atoms with Crippen LogP contribution in [-0.2, 0) is 0 Å². The molecule has 0 spiro atoms. The van der Waals surface area contributed by atoms with Gasteiger partial charge in [0.2, 0.25) is 0 Å². The van der Waals surface area contributed by atoms with Crippen molar-refractivity contribution in [2.45, 2.75) is 231 Å². The van der Waals surface area contributed by atoms with Gasteiger partial charge in [0.1, 0.15) is 0 Å². The van der Waals surface area contributed by atoms with Crippen LogP contribution >= 0.6 is 0 Å². The maximum Gasteiger partial charge on any atom is 0.0976 e. The number of halogens is 2. The lowest BCUT2D eigenvalue weighted by atomic mass is 10.0. The molecule has 0 aromatic carbocycles. The van der Waals surface area contributed by atoms with Gasteiger partial charge in [-0.15, -0.1) is 0 Å². The van der Waals surface area contributed by atoms with E-state index < -0.39 is 12.3 Å². The molecule has 2 atom stereocenters. The van der Waals surface area contributed by atoms with Gasteiger partial charge >= 0.3 is 0 Å². The highest BCUT2D eigenvalue weighted by atomic mass is 19.1. The molecule has 0 nitrogen and oxygen atoms in total. The Morgan fingerprint density at radius 2 is 0.545 bits per heavy atom.